The molecule has 0 radical (unpaired) electrons. The molecule has 1 aromatic carbocycles. The third-order valence-electron chi connectivity index (χ3n) is 4.25. The predicted octanol–water partition coefficient (Wildman–Crippen LogP) is 3.96. The monoisotopic (exact) mass is 349 g/mol. The lowest BCUT2D eigenvalue weighted by Gasteiger charge is -2.07. The number of aromatic nitrogens is 5. The Hall–Kier alpha value is -2.47. The number of rotatable bonds is 6. The van der Waals surface area contributed by atoms with E-state index in [0.717, 1.165) is 41.5 Å². The van der Waals surface area contributed by atoms with Crippen LogP contribution in [0.25, 0.3) is 16.4 Å². The molecule has 25 heavy (non-hydrogen) atoms. The molecule has 3 heterocycles. The first-order valence-electron chi connectivity index (χ1n) is 8.49. The van der Waals surface area contributed by atoms with Crippen molar-refractivity contribution in [3.8, 4) is 0 Å². The lowest BCUT2D eigenvalue weighted by atomic mass is 10.0. The summed E-state index contributed by atoms with van der Waals surface area (Å²) in [6, 6.07) is 10.4. The highest BCUT2D eigenvalue weighted by Gasteiger charge is 2.08. The minimum atomic E-state index is 0.868. The van der Waals surface area contributed by atoms with Gasteiger partial charge in [-0.2, -0.15) is 0 Å². The number of thioether (sulfide) groups is 1. The highest BCUT2D eigenvalue weighted by atomic mass is 32.2. The molecule has 0 aliphatic heterocycles. The van der Waals surface area contributed by atoms with Crippen molar-refractivity contribution in [3.63, 3.8) is 0 Å². The van der Waals surface area contributed by atoms with E-state index in [0.29, 0.717) is 0 Å². The van der Waals surface area contributed by atoms with Gasteiger partial charge in [-0.15, -0.1) is 10.2 Å². The zero-order valence-electron chi connectivity index (χ0n) is 14.1. The Balaban J connectivity index is 1.45. The molecule has 6 heteroatoms. The molecule has 0 saturated heterocycles. The number of nitrogens with zero attached hydrogens (tertiary/aromatic N) is 5. The van der Waals surface area contributed by atoms with Crippen molar-refractivity contribution in [1.29, 1.82) is 0 Å². The number of pyridine rings is 1. The quantitative estimate of drug-likeness (QED) is 0.300. The van der Waals surface area contributed by atoms with Crippen LogP contribution in [0.15, 0.2) is 54.2 Å². The van der Waals surface area contributed by atoms with Gasteiger partial charge in [-0.3, -0.25) is 9.38 Å². The molecule has 0 atom stereocenters. The highest BCUT2D eigenvalue weighted by molar-refractivity contribution is 7.99. The van der Waals surface area contributed by atoms with Gasteiger partial charge in [0.1, 0.15) is 6.33 Å². The van der Waals surface area contributed by atoms with E-state index in [1.807, 2.05) is 22.9 Å². The minimum absolute atomic E-state index is 0.868. The zero-order valence-corrected chi connectivity index (χ0v) is 14.9. The van der Waals surface area contributed by atoms with Gasteiger partial charge in [-0.1, -0.05) is 43.0 Å². The van der Waals surface area contributed by atoms with Gasteiger partial charge in [-0.05, 0) is 30.2 Å². The first kappa shape index (κ1) is 16.0. The van der Waals surface area contributed by atoms with Crippen LogP contribution in [0.3, 0.4) is 0 Å². The molecule has 0 spiro atoms. The van der Waals surface area contributed by atoms with E-state index >= 15 is 0 Å². The largest absolute Gasteiger partial charge is 0.264 e. The minimum Gasteiger partial charge on any atom is -0.264 e. The normalized spacial score (nSPS) is 11.4. The summed E-state index contributed by atoms with van der Waals surface area (Å²) in [5.74, 6) is 0.997. The van der Waals surface area contributed by atoms with Crippen LogP contribution in [0.4, 0.5) is 0 Å². The Morgan fingerprint density at radius 1 is 1.16 bits per heavy atom. The summed E-state index contributed by atoms with van der Waals surface area (Å²) in [7, 11) is 0. The zero-order chi connectivity index (χ0) is 17.1. The Labute approximate surface area is 150 Å². The summed E-state index contributed by atoms with van der Waals surface area (Å²) in [6.07, 6.45) is 8.64. The van der Waals surface area contributed by atoms with Gasteiger partial charge in [0.05, 0.1) is 0 Å². The fourth-order valence-corrected chi connectivity index (χ4v) is 3.87. The molecule has 5 nitrogen and oxygen atoms in total. The summed E-state index contributed by atoms with van der Waals surface area (Å²) in [5.41, 5.74) is 3.23. The van der Waals surface area contributed by atoms with E-state index in [4.69, 9.17) is 4.98 Å². The Bertz CT molecular complexity index is 1010. The smallest absolute Gasteiger partial charge is 0.175 e. The maximum Gasteiger partial charge on any atom is 0.175 e. The van der Waals surface area contributed by atoms with Gasteiger partial charge in [0, 0.05) is 35.3 Å². The first-order valence-corrected chi connectivity index (χ1v) is 9.48. The molecule has 0 N–H and O–H groups in total. The number of hydrogen-bond donors (Lipinski definition) is 0. The van der Waals surface area contributed by atoms with E-state index in [9.17, 15) is 0 Å². The van der Waals surface area contributed by atoms with E-state index < -0.39 is 0 Å². The van der Waals surface area contributed by atoms with Gasteiger partial charge < -0.3 is 0 Å². The van der Waals surface area contributed by atoms with Crippen molar-refractivity contribution < 1.29 is 0 Å². The lowest BCUT2D eigenvalue weighted by Crippen LogP contribution is -1.99. The third-order valence-corrected chi connectivity index (χ3v) is 5.29. The van der Waals surface area contributed by atoms with Crippen LogP contribution in [-0.4, -0.2) is 30.3 Å². The fourth-order valence-electron chi connectivity index (χ4n) is 2.94. The summed E-state index contributed by atoms with van der Waals surface area (Å²) in [4.78, 5) is 9.09. The van der Waals surface area contributed by atoms with Crippen molar-refractivity contribution in [2.75, 3.05) is 5.75 Å². The summed E-state index contributed by atoms with van der Waals surface area (Å²) >= 11 is 1.76. The maximum atomic E-state index is 4.72. The number of fused-ring (bicyclic) bond motifs is 2. The van der Waals surface area contributed by atoms with E-state index in [1.165, 1.54) is 16.3 Å². The molecule has 0 bridgehead atoms. The van der Waals surface area contributed by atoms with E-state index in [2.05, 4.69) is 46.4 Å². The summed E-state index contributed by atoms with van der Waals surface area (Å²) in [6.45, 7) is 2.11. The van der Waals surface area contributed by atoms with Crippen molar-refractivity contribution >= 4 is 28.2 Å². The molecular weight excluding hydrogens is 330 g/mol. The van der Waals surface area contributed by atoms with Crippen molar-refractivity contribution in [2.45, 2.75) is 31.3 Å². The van der Waals surface area contributed by atoms with Crippen LogP contribution < -0.4 is 0 Å². The molecule has 0 amide bonds. The Morgan fingerprint density at radius 2 is 2.08 bits per heavy atom. The van der Waals surface area contributed by atoms with Crippen LogP contribution in [-0.2, 0) is 12.8 Å². The lowest BCUT2D eigenvalue weighted by molar-refractivity contribution is 0.844. The van der Waals surface area contributed by atoms with Crippen molar-refractivity contribution in [1.82, 2.24) is 24.6 Å². The molecule has 4 aromatic rings. The Morgan fingerprint density at radius 3 is 3.00 bits per heavy atom. The SMILES string of the molecule is CCc1cc2nncn2c(SCCCc2cncc3ccccc23)n1. The van der Waals surface area contributed by atoms with Gasteiger partial charge in [-0.25, -0.2) is 4.98 Å². The molecule has 0 unspecified atom stereocenters. The van der Waals surface area contributed by atoms with Crippen LogP contribution in [0, 0.1) is 0 Å². The molecular formula is C19H19N5S. The van der Waals surface area contributed by atoms with Crippen LogP contribution in [0.5, 0.6) is 0 Å². The van der Waals surface area contributed by atoms with Gasteiger partial charge >= 0.3 is 0 Å². The molecule has 0 saturated carbocycles. The van der Waals surface area contributed by atoms with Crippen molar-refractivity contribution in [2.24, 2.45) is 0 Å². The fraction of sp³-hybridized carbons (Fsp3) is 0.263. The molecule has 0 aliphatic carbocycles. The second kappa shape index (κ2) is 7.19. The predicted molar refractivity (Wildman–Crippen MR) is 101 cm³/mol. The van der Waals surface area contributed by atoms with Crippen LogP contribution in [0.1, 0.15) is 24.6 Å². The number of hydrogen-bond acceptors (Lipinski definition) is 5. The van der Waals surface area contributed by atoms with Gasteiger partial charge in [0.15, 0.2) is 10.8 Å². The molecule has 4 rings (SSSR count). The molecule has 126 valence electrons. The Kier molecular flexibility index (Phi) is 4.61. The maximum absolute atomic E-state index is 4.72. The standard InChI is InChI=1S/C19H19N5S/c1-2-16-10-18-23-21-13-24(18)19(22-16)25-9-5-7-15-12-20-11-14-6-3-4-8-17(14)15/h3-4,6,8,10-13H,2,5,7,9H2,1H3. The third kappa shape index (κ3) is 3.35. The molecule has 0 aliphatic rings. The summed E-state index contributed by atoms with van der Waals surface area (Å²) in [5, 5.41) is 11.6. The molecule has 0 fully saturated rings. The van der Waals surface area contributed by atoms with Crippen molar-refractivity contribution in [3.05, 3.63) is 60.3 Å². The van der Waals surface area contributed by atoms with Gasteiger partial charge in [0.2, 0.25) is 0 Å². The highest BCUT2D eigenvalue weighted by Crippen LogP contribution is 2.22. The topological polar surface area (TPSA) is 56.0 Å². The average molecular weight is 349 g/mol. The first-order chi connectivity index (χ1) is 12.3. The second-order valence-corrected chi connectivity index (χ2v) is 6.98. The summed E-state index contributed by atoms with van der Waals surface area (Å²) < 4.78 is 1.96. The van der Waals surface area contributed by atoms with E-state index in [1.54, 1.807) is 18.1 Å². The molecule has 3 aromatic heterocycles. The van der Waals surface area contributed by atoms with Gasteiger partial charge in [0.25, 0.3) is 0 Å². The second-order valence-electron chi connectivity index (χ2n) is 5.91. The average Bonchev–Trinajstić information content (AvgIpc) is 3.13. The van der Waals surface area contributed by atoms with Crippen LogP contribution >= 0.6 is 11.8 Å². The van der Waals surface area contributed by atoms with E-state index in [-0.39, 0.29) is 0 Å². The van der Waals surface area contributed by atoms with Crippen LogP contribution in [0.2, 0.25) is 0 Å². The number of benzene rings is 1. The number of aryl methyl sites for hydroxylation is 2.